The molecule has 1 N–H and O–H groups in total. The van der Waals surface area contributed by atoms with E-state index >= 15 is 0 Å². The van der Waals surface area contributed by atoms with Gasteiger partial charge >= 0.3 is 0 Å². The summed E-state index contributed by atoms with van der Waals surface area (Å²) in [7, 11) is 0. The Kier molecular flexibility index (Phi) is 4.72. The minimum absolute atomic E-state index is 0.118. The summed E-state index contributed by atoms with van der Waals surface area (Å²) in [6, 6.07) is 6.14. The monoisotopic (exact) mass is 212 g/mol. The number of aliphatic hydroxyl groups excluding tert-OH is 1. The van der Waals surface area contributed by atoms with Crippen LogP contribution in [-0.4, -0.2) is 23.9 Å². The van der Waals surface area contributed by atoms with Gasteiger partial charge in [0.15, 0.2) is 0 Å². The largest absolute Gasteiger partial charge is 0.390 e. The van der Waals surface area contributed by atoms with Crippen molar-refractivity contribution in [3.8, 4) is 0 Å². The van der Waals surface area contributed by atoms with Crippen molar-refractivity contribution < 1.29 is 14.2 Å². The van der Waals surface area contributed by atoms with Crippen LogP contribution in [0.1, 0.15) is 19.4 Å². The molecule has 0 aliphatic carbocycles. The SMILES string of the molecule is CC(C)OCC(O)Cc1ccc(F)cc1. The minimum atomic E-state index is -0.530. The molecule has 0 radical (unpaired) electrons. The molecule has 0 amide bonds. The van der Waals surface area contributed by atoms with Gasteiger partial charge in [0, 0.05) is 6.42 Å². The molecule has 0 fully saturated rings. The molecule has 84 valence electrons. The van der Waals surface area contributed by atoms with E-state index in [9.17, 15) is 9.50 Å². The molecule has 1 aromatic carbocycles. The molecule has 15 heavy (non-hydrogen) atoms. The minimum Gasteiger partial charge on any atom is -0.390 e. The fourth-order valence-corrected chi connectivity index (χ4v) is 1.26. The maximum atomic E-state index is 12.6. The molecule has 1 atom stereocenters. The molecule has 1 unspecified atom stereocenters. The fourth-order valence-electron chi connectivity index (χ4n) is 1.26. The van der Waals surface area contributed by atoms with E-state index in [1.807, 2.05) is 13.8 Å². The molecule has 0 saturated heterocycles. The zero-order valence-electron chi connectivity index (χ0n) is 9.11. The van der Waals surface area contributed by atoms with Crippen molar-refractivity contribution in [2.45, 2.75) is 32.5 Å². The number of benzene rings is 1. The number of ether oxygens (including phenoxy) is 1. The van der Waals surface area contributed by atoms with Crippen molar-refractivity contribution in [2.24, 2.45) is 0 Å². The molecular weight excluding hydrogens is 195 g/mol. The second-order valence-corrected chi connectivity index (χ2v) is 3.87. The first-order valence-electron chi connectivity index (χ1n) is 5.12. The van der Waals surface area contributed by atoms with E-state index in [1.165, 1.54) is 12.1 Å². The van der Waals surface area contributed by atoms with Crippen molar-refractivity contribution in [1.82, 2.24) is 0 Å². The van der Waals surface area contributed by atoms with E-state index < -0.39 is 6.10 Å². The van der Waals surface area contributed by atoms with Crippen LogP contribution >= 0.6 is 0 Å². The zero-order chi connectivity index (χ0) is 11.3. The van der Waals surface area contributed by atoms with Crippen molar-refractivity contribution >= 4 is 0 Å². The van der Waals surface area contributed by atoms with E-state index in [4.69, 9.17) is 4.74 Å². The van der Waals surface area contributed by atoms with Crippen molar-refractivity contribution in [1.29, 1.82) is 0 Å². The van der Waals surface area contributed by atoms with Crippen LogP contribution in [0.15, 0.2) is 24.3 Å². The van der Waals surface area contributed by atoms with Gasteiger partial charge in [-0.25, -0.2) is 4.39 Å². The van der Waals surface area contributed by atoms with E-state index in [0.717, 1.165) is 5.56 Å². The third-order valence-corrected chi connectivity index (χ3v) is 2.01. The maximum Gasteiger partial charge on any atom is 0.123 e. The zero-order valence-corrected chi connectivity index (χ0v) is 9.11. The molecule has 0 aliphatic heterocycles. The molecule has 0 bridgehead atoms. The molecule has 0 aromatic heterocycles. The van der Waals surface area contributed by atoms with Crippen LogP contribution in [0.3, 0.4) is 0 Å². The van der Waals surface area contributed by atoms with E-state index in [2.05, 4.69) is 0 Å². The predicted octanol–water partition coefficient (Wildman–Crippen LogP) is 2.15. The standard InChI is InChI=1S/C12H17FO2/c1-9(2)15-8-12(14)7-10-3-5-11(13)6-4-10/h3-6,9,12,14H,7-8H2,1-2H3. The van der Waals surface area contributed by atoms with Gasteiger partial charge < -0.3 is 9.84 Å². The van der Waals surface area contributed by atoms with E-state index in [1.54, 1.807) is 12.1 Å². The lowest BCUT2D eigenvalue weighted by molar-refractivity contribution is 0.00621. The first-order chi connectivity index (χ1) is 7.08. The number of hydrogen-bond acceptors (Lipinski definition) is 2. The Morgan fingerprint density at radius 2 is 1.87 bits per heavy atom. The Labute approximate surface area is 89.7 Å². The summed E-state index contributed by atoms with van der Waals surface area (Å²) >= 11 is 0. The molecule has 0 saturated carbocycles. The summed E-state index contributed by atoms with van der Waals surface area (Å²) in [5.74, 6) is -0.258. The van der Waals surface area contributed by atoms with Crippen LogP contribution in [-0.2, 0) is 11.2 Å². The van der Waals surface area contributed by atoms with Gasteiger partial charge in [-0.2, -0.15) is 0 Å². The van der Waals surface area contributed by atoms with Crippen LogP contribution in [0.25, 0.3) is 0 Å². The Bertz CT molecular complexity index is 282. The summed E-state index contributed by atoms with van der Waals surface area (Å²) in [5, 5.41) is 9.60. The van der Waals surface area contributed by atoms with Gasteiger partial charge in [0.2, 0.25) is 0 Å². The highest BCUT2D eigenvalue weighted by Gasteiger charge is 2.06. The van der Waals surface area contributed by atoms with E-state index in [0.29, 0.717) is 13.0 Å². The summed E-state index contributed by atoms with van der Waals surface area (Å²) in [6.07, 6.45) is 0.0817. The fraction of sp³-hybridized carbons (Fsp3) is 0.500. The average molecular weight is 212 g/mol. The Hall–Kier alpha value is -0.930. The Morgan fingerprint density at radius 3 is 2.40 bits per heavy atom. The molecule has 0 aliphatic rings. The number of halogens is 1. The third-order valence-electron chi connectivity index (χ3n) is 2.01. The Morgan fingerprint density at radius 1 is 1.27 bits per heavy atom. The second kappa shape index (κ2) is 5.83. The molecule has 0 spiro atoms. The highest BCUT2D eigenvalue weighted by atomic mass is 19.1. The van der Waals surface area contributed by atoms with Crippen molar-refractivity contribution in [3.63, 3.8) is 0 Å². The van der Waals surface area contributed by atoms with Crippen LogP contribution in [0.5, 0.6) is 0 Å². The second-order valence-electron chi connectivity index (χ2n) is 3.87. The van der Waals surface area contributed by atoms with Gasteiger partial charge in [-0.05, 0) is 31.5 Å². The highest BCUT2D eigenvalue weighted by Crippen LogP contribution is 2.06. The first-order valence-corrected chi connectivity index (χ1v) is 5.12. The van der Waals surface area contributed by atoms with Crippen LogP contribution in [0.2, 0.25) is 0 Å². The summed E-state index contributed by atoms with van der Waals surface area (Å²) in [5.41, 5.74) is 0.913. The topological polar surface area (TPSA) is 29.5 Å². The number of hydrogen-bond donors (Lipinski definition) is 1. The lowest BCUT2D eigenvalue weighted by Crippen LogP contribution is -2.20. The van der Waals surface area contributed by atoms with Gasteiger partial charge in [-0.3, -0.25) is 0 Å². The molecule has 0 heterocycles. The lowest BCUT2D eigenvalue weighted by Gasteiger charge is -2.13. The average Bonchev–Trinajstić information content (AvgIpc) is 2.19. The maximum absolute atomic E-state index is 12.6. The van der Waals surface area contributed by atoms with Gasteiger partial charge in [0.05, 0.1) is 18.8 Å². The third kappa shape index (κ3) is 4.91. The van der Waals surface area contributed by atoms with Gasteiger partial charge in [-0.15, -0.1) is 0 Å². The normalized spacial score (nSPS) is 13.1. The molecule has 2 nitrogen and oxygen atoms in total. The molecule has 3 heteroatoms. The van der Waals surface area contributed by atoms with Crippen LogP contribution < -0.4 is 0 Å². The molecule has 1 rings (SSSR count). The smallest absolute Gasteiger partial charge is 0.123 e. The number of aliphatic hydroxyl groups is 1. The first kappa shape index (κ1) is 12.1. The summed E-state index contributed by atoms with van der Waals surface area (Å²) in [6.45, 7) is 4.16. The summed E-state index contributed by atoms with van der Waals surface area (Å²) in [4.78, 5) is 0. The molecule has 1 aromatic rings. The van der Waals surface area contributed by atoms with Crippen LogP contribution in [0.4, 0.5) is 4.39 Å². The van der Waals surface area contributed by atoms with Gasteiger partial charge in [0.1, 0.15) is 5.82 Å². The van der Waals surface area contributed by atoms with Gasteiger partial charge in [-0.1, -0.05) is 12.1 Å². The van der Waals surface area contributed by atoms with Crippen molar-refractivity contribution in [3.05, 3.63) is 35.6 Å². The quantitative estimate of drug-likeness (QED) is 0.810. The number of rotatable bonds is 5. The highest BCUT2D eigenvalue weighted by molar-refractivity contribution is 5.16. The van der Waals surface area contributed by atoms with E-state index in [-0.39, 0.29) is 11.9 Å². The summed E-state index contributed by atoms with van der Waals surface area (Å²) < 4.78 is 17.9. The predicted molar refractivity (Wildman–Crippen MR) is 57.2 cm³/mol. The molecular formula is C12H17FO2. The Balaban J connectivity index is 2.37. The van der Waals surface area contributed by atoms with Crippen LogP contribution in [0, 0.1) is 5.82 Å². The van der Waals surface area contributed by atoms with Crippen molar-refractivity contribution in [2.75, 3.05) is 6.61 Å². The van der Waals surface area contributed by atoms with Gasteiger partial charge in [0.25, 0.3) is 0 Å². The lowest BCUT2D eigenvalue weighted by atomic mass is 10.1.